The molecule has 1 aromatic heterocycles. The van der Waals surface area contributed by atoms with Gasteiger partial charge in [-0.1, -0.05) is 140 Å². The first-order valence-electron chi connectivity index (χ1n) is 20.2. The van der Waals surface area contributed by atoms with Gasteiger partial charge in [-0.15, -0.1) is 0 Å². The SMILES string of the molecule is C/C1=C\C=C/[C@@H](c2cccc(-n3c4c(c5ccccc53)C=C(C3=CCC(C5=CC(C6C=CC=CC6)=CC(c6ccccc6)N5)C=C3)CC4)c2)Oc2ccccc21. The molecule has 0 spiro atoms. The molecular weight excluding hydrogens is 681 g/mol. The minimum atomic E-state index is -0.189. The monoisotopic (exact) mass is 726 g/mol. The number of fused-ring (bicyclic) bond motifs is 4. The Balaban J connectivity index is 0.937. The second-order valence-electron chi connectivity index (χ2n) is 15.6. The molecule has 0 bridgehead atoms. The van der Waals surface area contributed by atoms with Gasteiger partial charge in [0.05, 0.1) is 11.6 Å². The predicted molar refractivity (Wildman–Crippen MR) is 232 cm³/mol. The maximum Gasteiger partial charge on any atom is 0.142 e. The van der Waals surface area contributed by atoms with Crippen LogP contribution in [0.25, 0.3) is 28.2 Å². The molecule has 5 aromatic rings. The molecule has 2 aliphatic heterocycles. The van der Waals surface area contributed by atoms with E-state index in [1.165, 1.54) is 61.4 Å². The highest BCUT2D eigenvalue weighted by Gasteiger charge is 2.27. The van der Waals surface area contributed by atoms with Crippen molar-refractivity contribution in [2.45, 2.75) is 44.8 Å². The van der Waals surface area contributed by atoms with Crippen molar-refractivity contribution in [2.75, 3.05) is 0 Å². The molecule has 0 radical (unpaired) electrons. The van der Waals surface area contributed by atoms with Gasteiger partial charge in [-0.25, -0.2) is 0 Å². The number of hydrogen-bond donors (Lipinski definition) is 1. The number of rotatable bonds is 6. The van der Waals surface area contributed by atoms with Gasteiger partial charge in [0.1, 0.15) is 11.9 Å². The molecule has 3 heterocycles. The summed E-state index contributed by atoms with van der Waals surface area (Å²) in [6.45, 7) is 2.14. The first-order chi connectivity index (χ1) is 27.7. The molecule has 4 aromatic carbocycles. The van der Waals surface area contributed by atoms with Crippen molar-refractivity contribution in [1.82, 2.24) is 9.88 Å². The highest BCUT2D eigenvalue weighted by Crippen LogP contribution is 2.41. The summed E-state index contributed by atoms with van der Waals surface area (Å²) in [5, 5.41) is 5.22. The van der Waals surface area contributed by atoms with E-state index in [1.54, 1.807) is 0 Å². The van der Waals surface area contributed by atoms with E-state index >= 15 is 0 Å². The van der Waals surface area contributed by atoms with Gasteiger partial charge >= 0.3 is 0 Å². The summed E-state index contributed by atoms with van der Waals surface area (Å²) < 4.78 is 9.16. The Kier molecular flexibility index (Phi) is 8.99. The van der Waals surface area contributed by atoms with Crippen LogP contribution in [0.15, 0.2) is 198 Å². The zero-order valence-electron chi connectivity index (χ0n) is 31.8. The highest BCUT2D eigenvalue weighted by molar-refractivity contribution is 5.94. The maximum atomic E-state index is 6.68. The lowest BCUT2D eigenvalue weighted by molar-refractivity contribution is 0.254. The molecule has 3 unspecified atom stereocenters. The van der Waals surface area contributed by atoms with E-state index in [0.717, 1.165) is 42.6 Å². The highest BCUT2D eigenvalue weighted by atomic mass is 16.5. The van der Waals surface area contributed by atoms with Gasteiger partial charge in [0.25, 0.3) is 0 Å². The second kappa shape index (κ2) is 14.7. The van der Waals surface area contributed by atoms with E-state index < -0.39 is 0 Å². The fourth-order valence-electron chi connectivity index (χ4n) is 9.11. The van der Waals surface area contributed by atoms with Crippen LogP contribution in [0.1, 0.15) is 66.3 Å². The van der Waals surface area contributed by atoms with Crippen molar-refractivity contribution >= 4 is 22.6 Å². The van der Waals surface area contributed by atoms with Crippen LogP contribution >= 0.6 is 0 Å². The standard InChI is InChI=1S/C53H46N2O/c1-36-14-12-25-52(56-53-24-11-9-21-45(36)53)42-19-13-20-44(32-42)55-50-23-10-8-22-46(50)47-33-41(30-31-51(47)55)38-26-28-40(29-27-38)49-35-43(37-15-4-2-5-16-37)34-48(54-49)39-17-6-3-7-18-39/h2-15,17-28,32-35,37,40,48,52,54H,16,29-31H2,1H3/b25-12-,36-14+/t37?,40?,48?,52-/m0/s1. The van der Waals surface area contributed by atoms with Crippen LogP contribution in [0.5, 0.6) is 5.75 Å². The van der Waals surface area contributed by atoms with Crippen LogP contribution in [0.3, 0.4) is 0 Å². The van der Waals surface area contributed by atoms with Crippen LogP contribution in [-0.4, -0.2) is 4.57 Å². The van der Waals surface area contributed by atoms with Crippen LogP contribution < -0.4 is 10.1 Å². The first kappa shape index (κ1) is 34.2. The Morgan fingerprint density at radius 3 is 2.46 bits per heavy atom. The summed E-state index contributed by atoms with van der Waals surface area (Å²) in [5.74, 6) is 1.65. The third-order valence-corrected chi connectivity index (χ3v) is 12.1. The number of dihydropyridines is 1. The molecule has 0 amide bonds. The van der Waals surface area contributed by atoms with Crippen molar-refractivity contribution in [3.05, 3.63) is 226 Å². The fourth-order valence-corrected chi connectivity index (χ4v) is 9.11. The normalized spacial score (nSPS) is 24.1. The average Bonchev–Trinajstić information content (AvgIpc) is 3.60. The number of nitrogens with zero attached hydrogens (tertiary/aromatic N) is 1. The molecule has 5 aliphatic rings. The molecule has 10 rings (SSSR count). The molecule has 0 saturated carbocycles. The first-order valence-corrected chi connectivity index (χ1v) is 20.2. The zero-order valence-corrected chi connectivity index (χ0v) is 31.8. The van der Waals surface area contributed by atoms with Gasteiger partial charge in [0.2, 0.25) is 0 Å². The molecule has 3 aliphatic carbocycles. The smallest absolute Gasteiger partial charge is 0.142 e. The molecular formula is C53H46N2O. The minimum absolute atomic E-state index is 0.167. The Hall–Kier alpha value is -6.32. The summed E-state index contributed by atoms with van der Waals surface area (Å²) in [5.41, 5.74) is 15.4. The van der Waals surface area contributed by atoms with Crippen molar-refractivity contribution in [3.8, 4) is 11.4 Å². The van der Waals surface area contributed by atoms with Gasteiger partial charge in [0.15, 0.2) is 0 Å². The third kappa shape index (κ3) is 6.47. The fraction of sp³-hybridized carbons (Fsp3) is 0.170. The zero-order chi connectivity index (χ0) is 37.4. The average molecular weight is 727 g/mol. The molecule has 3 nitrogen and oxygen atoms in total. The number of benzene rings is 4. The lowest BCUT2D eigenvalue weighted by Crippen LogP contribution is -2.28. The Bertz CT molecular complexity index is 2620. The second-order valence-corrected chi connectivity index (χ2v) is 15.6. The summed E-state index contributed by atoms with van der Waals surface area (Å²) in [6, 6.07) is 37.2. The molecule has 3 heteroatoms. The summed E-state index contributed by atoms with van der Waals surface area (Å²) in [7, 11) is 0. The molecule has 0 fully saturated rings. The number of aromatic nitrogens is 1. The van der Waals surface area contributed by atoms with Crippen molar-refractivity contribution in [3.63, 3.8) is 0 Å². The van der Waals surface area contributed by atoms with Gasteiger partial charge in [0, 0.05) is 45.4 Å². The maximum absolute atomic E-state index is 6.68. The topological polar surface area (TPSA) is 26.2 Å². The summed E-state index contributed by atoms with van der Waals surface area (Å²) >= 11 is 0. The van der Waals surface area contributed by atoms with Gasteiger partial charge in [-0.3, -0.25) is 0 Å². The van der Waals surface area contributed by atoms with Crippen molar-refractivity contribution in [2.24, 2.45) is 11.8 Å². The molecule has 56 heavy (non-hydrogen) atoms. The van der Waals surface area contributed by atoms with Crippen LogP contribution in [0.2, 0.25) is 0 Å². The molecule has 0 saturated heterocycles. The van der Waals surface area contributed by atoms with E-state index in [1.807, 2.05) is 0 Å². The third-order valence-electron chi connectivity index (χ3n) is 12.1. The largest absolute Gasteiger partial charge is 0.481 e. The number of allylic oxidation sites excluding steroid dienone is 14. The van der Waals surface area contributed by atoms with Gasteiger partial charge in [-0.2, -0.15) is 0 Å². The lowest BCUT2D eigenvalue weighted by Gasteiger charge is -2.31. The molecule has 274 valence electrons. The minimum Gasteiger partial charge on any atom is -0.481 e. The van der Waals surface area contributed by atoms with E-state index in [0.29, 0.717) is 11.8 Å². The number of nitrogens with one attached hydrogen (secondary N) is 1. The Morgan fingerprint density at radius 2 is 1.59 bits per heavy atom. The molecule has 4 atom stereocenters. The molecule has 1 N–H and O–H groups in total. The van der Waals surface area contributed by atoms with Gasteiger partial charge in [-0.05, 0) is 109 Å². The Labute approximate surface area is 330 Å². The summed E-state index contributed by atoms with van der Waals surface area (Å²) in [4.78, 5) is 0. The van der Waals surface area contributed by atoms with E-state index in [4.69, 9.17) is 4.74 Å². The van der Waals surface area contributed by atoms with E-state index in [9.17, 15) is 0 Å². The summed E-state index contributed by atoms with van der Waals surface area (Å²) in [6.07, 6.45) is 33.9. The lowest BCUT2D eigenvalue weighted by atomic mass is 9.82. The van der Waals surface area contributed by atoms with E-state index in [2.05, 4.69) is 199 Å². The van der Waals surface area contributed by atoms with Crippen LogP contribution in [0, 0.1) is 11.8 Å². The van der Waals surface area contributed by atoms with Gasteiger partial charge < -0.3 is 14.6 Å². The number of ether oxygens (including phenoxy) is 1. The van der Waals surface area contributed by atoms with Crippen molar-refractivity contribution < 1.29 is 4.74 Å². The number of para-hydroxylation sites is 2. The number of hydrogen-bond acceptors (Lipinski definition) is 2. The van der Waals surface area contributed by atoms with E-state index in [-0.39, 0.29) is 12.1 Å². The Morgan fingerprint density at radius 1 is 0.732 bits per heavy atom. The van der Waals surface area contributed by atoms with Crippen molar-refractivity contribution in [1.29, 1.82) is 0 Å². The quantitative estimate of drug-likeness (QED) is 0.189. The van der Waals surface area contributed by atoms with Crippen LogP contribution in [0.4, 0.5) is 0 Å². The predicted octanol–water partition coefficient (Wildman–Crippen LogP) is 12.8. The van der Waals surface area contributed by atoms with Crippen LogP contribution in [-0.2, 0) is 6.42 Å².